The summed E-state index contributed by atoms with van der Waals surface area (Å²) in [5.74, 6) is 1.51. The van der Waals surface area contributed by atoms with Gasteiger partial charge in [-0.3, -0.25) is 4.98 Å². The van der Waals surface area contributed by atoms with E-state index in [1.807, 2.05) is 6.20 Å². The molecule has 0 saturated heterocycles. The van der Waals surface area contributed by atoms with Gasteiger partial charge in [-0.05, 0) is 36.1 Å². The van der Waals surface area contributed by atoms with E-state index in [-0.39, 0.29) is 6.04 Å². The molecule has 2 nitrogen and oxygen atoms in total. The fourth-order valence-electron chi connectivity index (χ4n) is 3.59. The highest BCUT2D eigenvalue weighted by Gasteiger charge is 2.27. The molecule has 2 aromatic rings. The van der Waals surface area contributed by atoms with Crippen LogP contribution in [0.15, 0.2) is 36.5 Å². The smallest absolute Gasteiger partial charge is 0.0651 e. The second-order valence-corrected chi connectivity index (χ2v) is 6.13. The van der Waals surface area contributed by atoms with E-state index >= 15 is 0 Å². The van der Waals surface area contributed by atoms with Crippen molar-refractivity contribution in [1.82, 2.24) is 4.98 Å². The zero-order chi connectivity index (χ0) is 13.9. The average molecular weight is 268 g/mol. The molecule has 2 N–H and O–H groups in total. The molecule has 3 rings (SSSR count). The Hall–Kier alpha value is -1.41. The Labute approximate surface area is 121 Å². The highest BCUT2D eigenvalue weighted by molar-refractivity contribution is 5.84. The molecule has 0 bridgehead atoms. The molecule has 20 heavy (non-hydrogen) atoms. The number of rotatable bonds is 3. The largest absolute Gasteiger partial charge is 0.322 e. The van der Waals surface area contributed by atoms with E-state index in [0.29, 0.717) is 5.92 Å². The first kappa shape index (κ1) is 13.6. The van der Waals surface area contributed by atoms with Crippen molar-refractivity contribution in [3.8, 4) is 0 Å². The van der Waals surface area contributed by atoms with Crippen molar-refractivity contribution in [3.63, 3.8) is 0 Å². The van der Waals surface area contributed by atoms with Gasteiger partial charge in [0.2, 0.25) is 0 Å². The quantitative estimate of drug-likeness (QED) is 0.893. The second-order valence-electron chi connectivity index (χ2n) is 6.13. The first-order chi connectivity index (χ1) is 9.79. The fourth-order valence-corrected chi connectivity index (χ4v) is 3.59. The first-order valence-electron chi connectivity index (χ1n) is 7.88. The molecule has 1 heterocycles. The van der Waals surface area contributed by atoms with Crippen molar-refractivity contribution in [2.75, 3.05) is 0 Å². The van der Waals surface area contributed by atoms with E-state index in [2.05, 4.69) is 42.2 Å². The van der Waals surface area contributed by atoms with Gasteiger partial charge < -0.3 is 5.73 Å². The Morgan fingerprint density at radius 3 is 2.65 bits per heavy atom. The minimum absolute atomic E-state index is 0.0823. The fraction of sp³-hybridized carbons (Fsp3) is 0.500. The maximum Gasteiger partial charge on any atom is 0.0651 e. The number of hydrogen-bond acceptors (Lipinski definition) is 2. The number of nitrogens with zero attached hydrogens (tertiary/aromatic N) is 1. The van der Waals surface area contributed by atoms with E-state index in [1.54, 1.807) is 0 Å². The summed E-state index contributed by atoms with van der Waals surface area (Å²) in [4.78, 5) is 4.60. The Balaban J connectivity index is 1.84. The van der Waals surface area contributed by atoms with Crippen LogP contribution in [0.5, 0.6) is 0 Å². The molecule has 1 aromatic carbocycles. The number of aromatic nitrogens is 1. The van der Waals surface area contributed by atoms with Gasteiger partial charge in [0.15, 0.2) is 0 Å². The maximum absolute atomic E-state index is 6.56. The minimum Gasteiger partial charge on any atom is -0.322 e. The van der Waals surface area contributed by atoms with Crippen LogP contribution in [0, 0.1) is 11.8 Å². The normalized spacial score (nSPS) is 24.7. The molecule has 1 atom stereocenters. The average Bonchev–Trinajstić information content (AvgIpc) is 2.54. The molecule has 0 amide bonds. The highest BCUT2D eigenvalue weighted by Crippen LogP contribution is 2.37. The third kappa shape index (κ3) is 2.57. The second kappa shape index (κ2) is 5.92. The van der Waals surface area contributed by atoms with Crippen LogP contribution in [-0.2, 0) is 0 Å². The molecule has 1 aliphatic rings. The van der Waals surface area contributed by atoms with Crippen LogP contribution in [-0.4, -0.2) is 4.98 Å². The third-order valence-corrected chi connectivity index (χ3v) is 5.00. The van der Waals surface area contributed by atoms with Crippen molar-refractivity contribution in [3.05, 3.63) is 42.2 Å². The van der Waals surface area contributed by atoms with Crippen LogP contribution >= 0.6 is 0 Å². The lowest BCUT2D eigenvalue weighted by atomic mass is 9.76. The lowest BCUT2D eigenvalue weighted by molar-refractivity contribution is 0.238. The standard InChI is InChI=1S/C18H24N2/c1-2-13-7-9-15(10-8-13)17(19)18-16-6-4-3-5-14(16)11-12-20-18/h3-6,11-13,15,17H,2,7-10,19H2,1H3. The molecule has 0 spiro atoms. The molecule has 1 aliphatic carbocycles. The Bertz CT molecular complexity index is 565. The number of benzene rings is 1. The Morgan fingerprint density at radius 1 is 1.15 bits per heavy atom. The Kier molecular flexibility index (Phi) is 4.02. The van der Waals surface area contributed by atoms with Crippen molar-refractivity contribution in [2.45, 2.75) is 45.1 Å². The summed E-state index contributed by atoms with van der Waals surface area (Å²) in [6, 6.07) is 10.6. The zero-order valence-corrected chi connectivity index (χ0v) is 12.3. The maximum atomic E-state index is 6.56. The van der Waals surface area contributed by atoms with Crippen molar-refractivity contribution in [2.24, 2.45) is 17.6 Å². The zero-order valence-electron chi connectivity index (χ0n) is 12.3. The minimum atomic E-state index is 0.0823. The van der Waals surface area contributed by atoms with Gasteiger partial charge in [-0.2, -0.15) is 0 Å². The monoisotopic (exact) mass is 268 g/mol. The Morgan fingerprint density at radius 2 is 1.90 bits per heavy atom. The van der Waals surface area contributed by atoms with Crippen LogP contribution in [0.4, 0.5) is 0 Å². The molecule has 2 heteroatoms. The summed E-state index contributed by atoms with van der Waals surface area (Å²) in [5.41, 5.74) is 7.65. The molecule has 0 radical (unpaired) electrons. The van der Waals surface area contributed by atoms with E-state index < -0.39 is 0 Å². The lowest BCUT2D eigenvalue weighted by Crippen LogP contribution is -2.26. The van der Waals surface area contributed by atoms with Crippen LogP contribution < -0.4 is 5.73 Å². The summed E-state index contributed by atoms with van der Waals surface area (Å²) in [6.07, 6.45) is 8.39. The van der Waals surface area contributed by atoms with E-state index in [9.17, 15) is 0 Å². The third-order valence-electron chi connectivity index (χ3n) is 5.00. The number of fused-ring (bicyclic) bond motifs is 1. The summed E-state index contributed by atoms with van der Waals surface area (Å²) in [7, 11) is 0. The van der Waals surface area contributed by atoms with Crippen LogP contribution in [0.2, 0.25) is 0 Å². The predicted octanol–water partition coefficient (Wildman–Crippen LogP) is 4.45. The van der Waals surface area contributed by atoms with Gasteiger partial charge >= 0.3 is 0 Å². The topological polar surface area (TPSA) is 38.9 Å². The summed E-state index contributed by atoms with van der Waals surface area (Å²) >= 11 is 0. The molecule has 0 aliphatic heterocycles. The van der Waals surface area contributed by atoms with Crippen molar-refractivity contribution < 1.29 is 0 Å². The molecule has 1 fully saturated rings. The van der Waals surface area contributed by atoms with Crippen LogP contribution in [0.25, 0.3) is 10.8 Å². The lowest BCUT2D eigenvalue weighted by Gasteiger charge is -2.31. The van der Waals surface area contributed by atoms with Gasteiger partial charge in [0, 0.05) is 11.6 Å². The first-order valence-corrected chi connectivity index (χ1v) is 7.88. The number of nitrogens with two attached hydrogens (primary N) is 1. The van der Waals surface area contributed by atoms with Gasteiger partial charge in [-0.1, -0.05) is 50.5 Å². The molecule has 106 valence electrons. The van der Waals surface area contributed by atoms with Gasteiger partial charge in [0.05, 0.1) is 11.7 Å². The summed E-state index contributed by atoms with van der Waals surface area (Å²) < 4.78 is 0. The van der Waals surface area contributed by atoms with Gasteiger partial charge in [-0.25, -0.2) is 0 Å². The molecular weight excluding hydrogens is 244 g/mol. The van der Waals surface area contributed by atoms with E-state index in [0.717, 1.165) is 11.6 Å². The highest BCUT2D eigenvalue weighted by atomic mass is 14.8. The van der Waals surface area contributed by atoms with E-state index in [1.165, 1.54) is 42.9 Å². The van der Waals surface area contributed by atoms with Gasteiger partial charge in [-0.15, -0.1) is 0 Å². The van der Waals surface area contributed by atoms with Crippen molar-refractivity contribution >= 4 is 10.8 Å². The van der Waals surface area contributed by atoms with Gasteiger partial charge in [0.25, 0.3) is 0 Å². The molecular formula is C18H24N2. The molecule has 1 unspecified atom stereocenters. The summed E-state index contributed by atoms with van der Waals surface area (Å²) in [6.45, 7) is 2.30. The number of pyridine rings is 1. The molecule has 1 aromatic heterocycles. The van der Waals surface area contributed by atoms with Crippen molar-refractivity contribution in [1.29, 1.82) is 0 Å². The van der Waals surface area contributed by atoms with Crippen LogP contribution in [0.1, 0.15) is 50.8 Å². The van der Waals surface area contributed by atoms with E-state index in [4.69, 9.17) is 5.73 Å². The summed E-state index contributed by atoms with van der Waals surface area (Å²) in [5, 5.41) is 2.47. The SMILES string of the molecule is CCC1CCC(C(N)c2nccc3ccccc23)CC1. The molecule has 1 saturated carbocycles. The van der Waals surface area contributed by atoms with Gasteiger partial charge in [0.1, 0.15) is 0 Å². The van der Waals surface area contributed by atoms with Crippen LogP contribution in [0.3, 0.4) is 0 Å². The predicted molar refractivity (Wildman–Crippen MR) is 84.4 cm³/mol. The number of hydrogen-bond donors (Lipinski definition) is 1.